The minimum atomic E-state index is -4.84. The SMILES string of the molecule is CCP(OP(=O)(O)O)(c1ccc(C)cc1)(c1ccc(C)cc1)c1ccc(C)cc1. The van der Waals surface area contributed by atoms with E-state index >= 15 is 0 Å². The zero-order valence-corrected chi connectivity index (χ0v) is 19.0. The summed E-state index contributed by atoms with van der Waals surface area (Å²) in [6.07, 6.45) is 0.423. The van der Waals surface area contributed by atoms with Crippen molar-refractivity contribution in [2.24, 2.45) is 0 Å². The second kappa shape index (κ2) is 7.80. The van der Waals surface area contributed by atoms with Crippen LogP contribution in [-0.4, -0.2) is 15.9 Å². The molecule has 0 saturated heterocycles. The molecule has 0 heterocycles. The molecule has 29 heavy (non-hydrogen) atoms. The van der Waals surface area contributed by atoms with E-state index in [1.54, 1.807) is 0 Å². The van der Waals surface area contributed by atoms with Crippen LogP contribution < -0.4 is 15.9 Å². The molecule has 154 valence electrons. The Kier molecular flexibility index (Phi) is 5.89. The van der Waals surface area contributed by atoms with Gasteiger partial charge in [0.2, 0.25) is 0 Å². The van der Waals surface area contributed by atoms with Gasteiger partial charge in [-0.15, -0.1) is 0 Å². The molecule has 0 aliphatic rings. The molecule has 4 nitrogen and oxygen atoms in total. The Morgan fingerprint density at radius 3 is 1.17 bits per heavy atom. The molecule has 0 unspecified atom stereocenters. The van der Waals surface area contributed by atoms with Crippen LogP contribution in [-0.2, 0) is 8.88 Å². The van der Waals surface area contributed by atoms with E-state index in [9.17, 15) is 14.4 Å². The summed E-state index contributed by atoms with van der Waals surface area (Å²) in [5.74, 6) is 0. The van der Waals surface area contributed by atoms with Crippen LogP contribution >= 0.6 is 14.7 Å². The maximum atomic E-state index is 12.4. The van der Waals surface area contributed by atoms with E-state index in [1.165, 1.54) is 0 Å². The topological polar surface area (TPSA) is 66.8 Å². The third-order valence-corrected chi connectivity index (χ3v) is 13.3. The van der Waals surface area contributed by atoms with Gasteiger partial charge in [-0.3, -0.25) is 0 Å². The molecule has 0 bridgehead atoms. The first kappa shape index (κ1) is 21.9. The first-order chi connectivity index (χ1) is 13.6. The van der Waals surface area contributed by atoms with Gasteiger partial charge in [-0.05, 0) is 0 Å². The van der Waals surface area contributed by atoms with Crippen molar-refractivity contribution >= 4 is 30.6 Å². The second-order valence-corrected chi connectivity index (χ2v) is 13.8. The molecular formula is C23H28O4P2. The van der Waals surface area contributed by atoms with Gasteiger partial charge < -0.3 is 0 Å². The molecule has 0 aliphatic carbocycles. The van der Waals surface area contributed by atoms with E-state index in [0.29, 0.717) is 6.16 Å². The summed E-state index contributed by atoms with van der Waals surface area (Å²) < 4.78 is 18.5. The van der Waals surface area contributed by atoms with E-state index in [4.69, 9.17) is 4.31 Å². The molecule has 0 aromatic heterocycles. The third kappa shape index (κ3) is 3.84. The normalized spacial score (nSPS) is 13.7. The Morgan fingerprint density at radius 2 is 0.966 bits per heavy atom. The number of hydrogen-bond donors (Lipinski definition) is 2. The standard InChI is InChI=1S/C23H28O4P2/c1-5-29(27-28(24,25)26,21-12-6-18(2)7-13-21,22-14-8-19(3)9-15-22)23-16-10-20(4)11-17-23/h6-17H,5H2,1-4H3,(H2,24,25,26). The van der Waals surface area contributed by atoms with Crippen molar-refractivity contribution in [2.75, 3.05) is 6.16 Å². The van der Waals surface area contributed by atoms with Gasteiger partial charge in [-0.25, -0.2) is 0 Å². The molecular weight excluding hydrogens is 402 g/mol. The molecule has 3 aromatic carbocycles. The van der Waals surface area contributed by atoms with Crippen molar-refractivity contribution in [3.8, 4) is 0 Å². The fourth-order valence-corrected chi connectivity index (χ4v) is 11.8. The maximum absolute atomic E-state index is 12.4. The first-order valence-electron chi connectivity index (χ1n) is 9.61. The number of rotatable bonds is 6. The molecule has 0 fully saturated rings. The van der Waals surface area contributed by atoms with Crippen molar-refractivity contribution in [1.29, 1.82) is 0 Å². The van der Waals surface area contributed by atoms with Crippen LogP contribution in [0.25, 0.3) is 0 Å². The average Bonchev–Trinajstić information content (AvgIpc) is 2.67. The van der Waals surface area contributed by atoms with Crippen LogP contribution in [0.3, 0.4) is 0 Å². The van der Waals surface area contributed by atoms with Gasteiger partial charge in [0.25, 0.3) is 0 Å². The van der Waals surface area contributed by atoms with Crippen LogP contribution in [0.5, 0.6) is 0 Å². The fourth-order valence-electron chi connectivity index (χ4n) is 4.01. The quantitative estimate of drug-likeness (QED) is 0.566. The van der Waals surface area contributed by atoms with Crippen molar-refractivity contribution in [3.63, 3.8) is 0 Å². The molecule has 0 radical (unpaired) electrons. The van der Waals surface area contributed by atoms with E-state index in [2.05, 4.69) is 0 Å². The summed E-state index contributed by atoms with van der Waals surface area (Å²) in [6.45, 7) is 4.00. The van der Waals surface area contributed by atoms with Gasteiger partial charge >= 0.3 is 173 Å². The zero-order valence-electron chi connectivity index (χ0n) is 17.2. The van der Waals surface area contributed by atoms with Crippen LogP contribution in [0, 0.1) is 20.8 Å². The molecule has 0 aliphatic heterocycles. The average molecular weight is 430 g/mol. The number of aryl methyl sites for hydroxylation is 3. The summed E-state index contributed by atoms with van der Waals surface area (Å²) in [7, 11) is -4.84. The molecule has 6 heteroatoms. The first-order valence-corrected chi connectivity index (χ1v) is 13.5. The van der Waals surface area contributed by atoms with Crippen LogP contribution in [0.4, 0.5) is 0 Å². The van der Waals surface area contributed by atoms with Crippen molar-refractivity contribution in [2.45, 2.75) is 27.7 Å². The van der Waals surface area contributed by atoms with Gasteiger partial charge in [-0.2, -0.15) is 0 Å². The number of hydrogen-bond acceptors (Lipinski definition) is 2. The Labute approximate surface area is 172 Å². The second-order valence-electron chi connectivity index (χ2n) is 7.61. The molecule has 0 spiro atoms. The summed E-state index contributed by atoms with van der Waals surface area (Å²) in [5, 5.41) is 2.42. The van der Waals surface area contributed by atoms with Crippen LogP contribution in [0.2, 0.25) is 0 Å². The monoisotopic (exact) mass is 430 g/mol. The molecule has 3 aromatic rings. The van der Waals surface area contributed by atoms with Gasteiger partial charge in [0.1, 0.15) is 0 Å². The molecule has 0 atom stereocenters. The van der Waals surface area contributed by atoms with E-state index < -0.39 is 14.7 Å². The summed E-state index contributed by atoms with van der Waals surface area (Å²) in [5.41, 5.74) is 3.22. The summed E-state index contributed by atoms with van der Waals surface area (Å²) in [6, 6.07) is 23.5. The van der Waals surface area contributed by atoms with Crippen LogP contribution in [0.15, 0.2) is 72.8 Å². The van der Waals surface area contributed by atoms with E-state index in [0.717, 1.165) is 32.6 Å². The summed E-state index contributed by atoms with van der Waals surface area (Å²) >= 11 is 0. The number of benzene rings is 3. The van der Waals surface area contributed by atoms with E-state index in [-0.39, 0.29) is 0 Å². The van der Waals surface area contributed by atoms with Gasteiger partial charge in [0, 0.05) is 0 Å². The fraction of sp³-hybridized carbons (Fsp3) is 0.217. The van der Waals surface area contributed by atoms with Crippen molar-refractivity contribution in [1.82, 2.24) is 0 Å². The minimum absolute atomic E-state index is 0.423. The van der Waals surface area contributed by atoms with Gasteiger partial charge in [0.15, 0.2) is 0 Å². The Morgan fingerprint density at radius 1 is 0.690 bits per heavy atom. The Bertz CT molecular complexity index is 922. The molecule has 2 N–H and O–H groups in total. The Hall–Kier alpha value is -1.80. The van der Waals surface area contributed by atoms with Gasteiger partial charge in [-0.1, -0.05) is 0 Å². The Balaban J connectivity index is 2.53. The van der Waals surface area contributed by atoms with Crippen LogP contribution in [0.1, 0.15) is 23.6 Å². The number of phosphoric acid groups is 1. The van der Waals surface area contributed by atoms with E-state index in [1.807, 2.05) is 100 Å². The summed E-state index contributed by atoms with van der Waals surface area (Å²) in [4.78, 5) is 20.2. The van der Waals surface area contributed by atoms with Gasteiger partial charge in [0.05, 0.1) is 0 Å². The molecule has 0 amide bonds. The molecule has 3 rings (SSSR count). The predicted molar refractivity (Wildman–Crippen MR) is 123 cm³/mol. The third-order valence-electron chi connectivity index (χ3n) is 5.63. The predicted octanol–water partition coefficient (Wildman–Crippen LogP) is 4.49. The van der Waals surface area contributed by atoms with Crippen molar-refractivity contribution < 1.29 is 18.7 Å². The zero-order chi connectivity index (χ0) is 21.3. The molecule has 0 saturated carbocycles. The van der Waals surface area contributed by atoms with Crippen molar-refractivity contribution in [3.05, 3.63) is 89.5 Å².